The number of hydrogen-bond donors (Lipinski definition) is 3. The zero-order valence-electron chi connectivity index (χ0n) is 16.9. The first-order chi connectivity index (χ1) is 14.8. The zero-order chi connectivity index (χ0) is 22.5. The van der Waals surface area contributed by atoms with Crippen molar-refractivity contribution < 1.29 is 24.2 Å². The lowest BCUT2D eigenvalue weighted by molar-refractivity contribution is 0.0796. The first kappa shape index (κ1) is 22.0. The Kier molecular flexibility index (Phi) is 6.66. The van der Waals surface area contributed by atoms with Gasteiger partial charge in [-0.25, -0.2) is 0 Å². The SMILES string of the molecule is CN/C=C\C(N)=NC(=O)c1cc(O)cc(Oc2ccc3c(c2Cl)OCCN(C)C3=O)c1. The topological polar surface area (TPSA) is 126 Å². The number of carbonyl (C=O) groups excluding carboxylic acids is 2. The number of aliphatic imine (C=N–C) groups is 1. The molecule has 0 spiro atoms. The van der Waals surface area contributed by atoms with Crippen molar-refractivity contribution >= 4 is 29.3 Å². The van der Waals surface area contributed by atoms with Crippen molar-refractivity contribution in [3.05, 3.63) is 58.8 Å². The minimum atomic E-state index is -0.663. The number of ether oxygens (including phenoxy) is 2. The maximum atomic E-state index is 12.4. The van der Waals surface area contributed by atoms with Gasteiger partial charge in [-0.15, -0.1) is 0 Å². The number of benzene rings is 2. The average molecular weight is 445 g/mol. The minimum absolute atomic E-state index is 0.00857. The van der Waals surface area contributed by atoms with Gasteiger partial charge < -0.3 is 30.5 Å². The van der Waals surface area contributed by atoms with E-state index in [0.29, 0.717) is 12.1 Å². The highest BCUT2D eigenvalue weighted by Gasteiger charge is 2.25. The third kappa shape index (κ3) is 5.07. The molecule has 2 aromatic rings. The number of carbonyl (C=O) groups is 2. The standard InChI is InChI=1S/C21H21ClN4O5/c1-24-6-5-17(23)25-20(28)12-9-13(27)11-14(10-12)31-16-4-3-15-19(18(16)22)30-8-7-26(2)21(15)29/h3-6,9-11,24,27H,7-8H2,1-2H3,(H2,23,25,28)/b6-5-. The molecule has 4 N–H and O–H groups in total. The summed E-state index contributed by atoms with van der Waals surface area (Å²) in [5, 5.41) is 12.9. The summed E-state index contributed by atoms with van der Waals surface area (Å²) in [7, 11) is 3.35. The highest BCUT2D eigenvalue weighted by atomic mass is 35.5. The van der Waals surface area contributed by atoms with E-state index in [-0.39, 0.29) is 51.9 Å². The highest BCUT2D eigenvalue weighted by molar-refractivity contribution is 6.34. The molecule has 3 rings (SSSR count). The van der Waals surface area contributed by atoms with E-state index >= 15 is 0 Å². The number of hydrogen-bond acceptors (Lipinski definition) is 6. The van der Waals surface area contributed by atoms with Crippen molar-refractivity contribution in [1.29, 1.82) is 0 Å². The number of phenols is 1. The van der Waals surface area contributed by atoms with Gasteiger partial charge >= 0.3 is 0 Å². The molecule has 0 radical (unpaired) electrons. The van der Waals surface area contributed by atoms with Crippen molar-refractivity contribution in [2.45, 2.75) is 0 Å². The number of phenolic OH excluding ortho intramolecular Hbond substituents is 1. The summed E-state index contributed by atoms with van der Waals surface area (Å²) in [6.45, 7) is 0.704. The lowest BCUT2D eigenvalue weighted by atomic mass is 10.1. The predicted molar refractivity (Wildman–Crippen MR) is 116 cm³/mol. The predicted octanol–water partition coefficient (Wildman–Crippen LogP) is 2.53. The van der Waals surface area contributed by atoms with Crippen LogP contribution in [0.5, 0.6) is 23.0 Å². The van der Waals surface area contributed by atoms with Gasteiger partial charge in [0, 0.05) is 25.7 Å². The molecule has 0 aromatic heterocycles. The fraction of sp³-hybridized carbons (Fsp3) is 0.190. The molecule has 1 aliphatic heterocycles. The Balaban J connectivity index is 1.90. The molecule has 9 nitrogen and oxygen atoms in total. The number of rotatable bonds is 5. The Morgan fingerprint density at radius 1 is 1.39 bits per heavy atom. The van der Waals surface area contributed by atoms with Gasteiger partial charge in [0.05, 0.1) is 12.1 Å². The van der Waals surface area contributed by atoms with E-state index in [1.54, 1.807) is 20.2 Å². The number of fused-ring (bicyclic) bond motifs is 1. The van der Waals surface area contributed by atoms with E-state index in [0.717, 1.165) is 0 Å². The fourth-order valence-corrected chi connectivity index (χ4v) is 3.06. The molecule has 162 valence electrons. The summed E-state index contributed by atoms with van der Waals surface area (Å²) in [4.78, 5) is 30.1. The van der Waals surface area contributed by atoms with E-state index < -0.39 is 5.91 Å². The van der Waals surface area contributed by atoms with Crippen molar-refractivity contribution in [3.63, 3.8) is 0 Å². The van der Waals surface area contributed by atoms with E-state index in [1.807, 2.05) is 0 Å². The van der Waals surface area contributed by atoms with Crippen LogP contribution in [0.2, 0.25) is 5.02 Å². The number of amidine groups is 1. The average Bonchev–Trinajstić information content (AvgIpc) is 2.87. The number of nitrogens with zero attached hydrogens (tertiary/aromatic N) is 2. The Hall–Kier alpha value is -3.72. The van der Waals surface area contributed by atoms with Crippen molar-refractivity contribution in [1.82, 2.24) is 10.2 Å². The maximum absolute atomic E-state index is 12.4. The highest BCUT2D eigenvalue weighted by Crippen LogP contribution is 2.41. The van der Waals surface area contributed by atoms with Gasteiger partial charge in [0.15, 0.2) is 5.75 Å². The van der Waals surface area contributed by atoms with Gasteiger partial charge in [0.1, 0.15) is 34.7 Å². The molecule has 2 aromatic carbocycles. The van der Waals surface area contributed by atoms with E-state index in [9.17, 15) is 14.7 Å². The number of nitrogens with two attached hydrogens (primary N) is 1. The number of amides is 2. The normalized spacial score (nSPS) is 14.1. The van der Waals surface area contributed by atoms with Crippen LogP contribution in [0.25, 0.3) is 0 Å². The number of likely N-dealkylation sites (N-methyl/N-ethyl adjacent to an activating group) is 1. The molecular weight excluding hydrogens is 424 g/mol. The first-order valence-electron chi connectivity index (χ1n) is 9.25. The van der Waals surface area contributed by atoms with Crippen molar-refractivity contribution in [2.75, 3.05) is 27.2 Å². The molecule has 0 saturated carbocycles. The lowest BCUT2D eigenvalue weighted by Crippen LogP contribution is -2.27. The summed E-state index contributed by atoms with van der Waals surface area (Å²) in [5.41, 5.74) is 6.05. The van der Waals surface area contributed by atoms with Crippen LogP contribution in [0.3, 0.4) is 0 Å². The van der Waals surface area contributed by atoms with E-state index in [1.165, 1.54) is 41.4 Å². The van der Waals surface area contributed by atoms with Crippen LogP contribution in [-0.4, -0.2) is 54.9 Å². The fourth-order valence-electron chi connectivity index (χ4n) is 2.80. The Bertz CT molecular complexity index is 1080. The Morgan fingerprint density at radius 3 is 2.90 bits per heavy atom. The molecule has 0 atom stereocenters. The molecule has 1 heterocycles. The second-order valence-electron chi connectivity index (χ2n) is 6.61. The van der Waals surface area contributed by atoms with Crippen molar-refractivity contribution in [2.24, 2.45) is 10.7 Å². The Labute approximate surface area is 183 Å². The summed E-state index contributed by atoms with van der Waals surface area (Å²) < 4.78 is 11.4. The minimum Gasteiger partial charge on any atom is -0.508 e. The van der Waals surface area contributed by atoms with Gasteiger partial charge in [-0.3, -0.25) is 9.59 Å². The second-order valence-corrected chi connectivity index (χ2v) is 6.99. The molecule has 0 unspecified atom stereocenters. The molecular formula is C21H21ClN4O5. The van der Waals surface area contributed by atoms with Crippen LogP contribution in [0.15, 0.2) is 47.6 Å². The molecule has 0 fully saturated rings. The van der Waals surface area contributed by atoms with Crippen LogP contribution in [-0.2, 0) is 0 Å². The first-order valence-corrected chi connectivity index (χ1v) is 9.63. The molecule has 2 amide bonds. The van der Waals surface area contributed by atoms with Gasteiger partial charge in [-0.05, 0) is 36.5 Å². The lowest BCUT2D eigenvalue weighted by Gasteiger charge is -2.14. The smallest absolute Gasteiger partial charge is 0.279 e. The van der Waals surface area contributed by atoms with Gasteiger partial charge in [-0.2, -0.15) is 4.99 Å². The van der Waals surface area contributed by atoms with Gasteiger partial charge in [0.2, 0.25) is 0 Å². The largest absolute Gasteiger partial charge is 0.508 e. The zero-order valence-corrected chi connectivity index (χ0v) is 17.6. The summed E-state index contributed by atoms with van der Waals surface area (Å²) in [6, 6.07) is 7.01. The van der Waals surface area contributed by atoms with Crippen LogP contribution in [0.1, 0.15) is 20.7 Å². The molecule has 31 heavy (non-hydrogen) atoms. The maximum Gasteiger partial charge on any atom is 0.279 e. The summed E-state index contributed by atoms with van der Waals surface area (Å²) >= 11 is 6.42. The van der Waals surface area contributed by atoms with E-state index in [4.69, 9.17) is 26.8 Å². The van der Waals surface area contributed by atoms with E-state index in [2.05, 4.69) is 10.3 Å². The molecule has 1 aliphatic rings. The number of nitrogens with one attached hydrogen (secondary N) is 1. The number of aromatic hydroxyl groups is 1. The van der Waals surface area contributed by atoms with Crippen LogP contribution >= 0.6 is 11.6 Å². The number of halogens is 1. The third-order valence-corrected chi connectivity index (χ3v) is 4.69. The molecule has 0 saturated heterocycles. The molecule has 0 bridgehead atoms. The van der Waals surface area contributed by atoms with Crippen LogP contribution in [0, 0.1) is 0 Å². The summed E-state index contributed by atoms with van der Waals surface area (Å²) in [5.74, 6) is -0.537. The Morgan fingerprint density at radius 2 is 2.16 bits per heavy atom. The summed E-state index contributed by atoms with van der Waals surface area (Å²) in [6.07, 6.45) is 2.94. The second kappa shape index (κ2) is 9.40. The third-order valence-electron chi connectivity index (χ3n) is 4.33. The van der Waals surface area contributed by atoms with Crippen LogP contribution in [0.4, 0.5) is 0 Å². The van der Waals surface area contributed by atoms with Crippen molar-refractivity contribution in [3.8, 4) is 23.0 Å². The van der Waals surface area contributed by atoms with Gasteiger partial charge in [-0.1, -0.05) is 11.6 Å². The van der Waals surface area contributed by atoms with Gasteiger partial charge in [0.25, 0.3) is 11.8 Å². The molecule has 10 heteroatoms. The molecule has 0 aliphatic carbocycles. The van der Waals surface area contributed by atoms with Crippen LogP contribution < -0.4 is 20.5 Å². The quantitative estimate of drug-likeness (QED) is 0.477. The monoisotopic (exact) mass is 444 g/mol.